The van der Waals surface area contributed by atoms with Crippen molar-refractivity contribution in [1.29, 1.82) is 0 Å². The highest BCUT2D eigenvalue weighted by molar-refractivity contribution is 5.94. The summed E-state index contributed by atoms with van der Waals surface area (Å²) >= 11 is 0. The molecule has 0 unspecified atom stereocenters. The Kier molecular flexibility index (Phi) is 5.41. The first-order valence-corrected chi connectivity index (χ1v) is 7.99. The highest BCUT2D eigenvalue weighted by Crippen LogP contribution is 2.13. The SMILES string of the molecule is CC(C)(C)NC(=O)N1CCCN(C(=O)c2ccc(F)c(F)c2)CC1. The zero-order valence-corrected chi connectivity index (χ0v) is 14.2. The standard InChI is InChI=1S/C17H23F2N3O2/c1-17(2,3)20-16(24)22-8-4-7-21(9-10-22)15(23)12-5-6-13(18)14(19)11-12/h5-6,11H,4,7-10H2,1-3H3,(H,20,24). The largest absolute Gasteiger partial charge is 0.337 e. The van der Waals surface area contributed by atoms with Gasteiger partial charge in [-0.05, 0) is 45.4 Å². The van der Waals surface area contributed by atoms with Crippen LogP contribution in [0.3, 0.4) is 0 Å². The molecule has 0 aliphatic carbocycles. The Morgan fingerprint density at radius 1 is 1.00 bits per heavy atom. The highest BCUT2D eigenvalue weighted by Gasteiger charge is 2.25. The average molecular weight is 339 g/mol. The first kappa shape index (κ1) is 18.2. The normalized spacial score (nSPS) is 15.9. The Bertz CT molecular complexity index is 629. The second-order valence-electron chi connectivity index (χ2n) is 6.94. The summed E-state index contributed by atoms with van der Waals surface area (Å²) in [5, 5.41) is 2.90. The van der Waals surface area contributed by atoms with Crippen molar-refractivity contribution in [3.8, 4) is 0 Å². The van der Waals surface area contributed by atoms with Crippen LogP contribution in [0.15, 0.2) is 18.2 Å². The summed E-state index contributed by atoms with van der Waals surface area (Å²) in [6, 6.07) is 2.97. The Balaban J connectivity index is 2.01. The van der Waals surface area contributed by atoms with Crippen LogP contribution >= 0.6 is 0 Å². The lowest BCUT2D eigenvalue weighted by atomic mass is 10.1. The van der Waals surface area contributed by atoms with E-state index in [0.29, 0.717) is 32.6 Å². The molecule has 1 saturated heterocycles. The second kappa shape index (κ2) is 7.15. The van der Waals surface area contributed by atoms with Gasteiger partial charge in [-0.3, -0.25) is 4.79 Å². The van der Waals surface area contributed by atoms with Gasteiger partial charge in [0.1, 0.15) is 0 Å². The molecule has 0 bridgehead atoms. The first-order valence-electron chi connectivity index (χ1n) is 7.99. The molecule has 5 nitrogen and oxygen atoms in total. The zero-order valence-electron chi connectivity index (χ0n) is 14.2. The summed E-state index contributed by atoms with van der Waals surface area (Å²) in [7, 11) is 0. The van der Waals surface area contributed by atoms with Gasteiger partial charge in [-0.15, -0.1) is 0 Å². The minimum atomic E-state index is -1.04. The molecule has 24 heavy (non-hydrogen) atoms. The fraction of sp³-hybridized carbons (Fsp3) is 0.529. The number of nitrogens with one attached hydrogen (secondary N) is 1. The first-order chi connectivity index (χ1) is 11.2. The molecule has 1 aromatic carbocycles. The molecule has 1 aromatic rings. The van der Waals surface area contributed by atoms with E-state index in [1.165, 1.54) is 6.07 Å². The summed E-state index contributed by atoms with van der Waals surface area (Å²) < 4.78 is 26.3. The number of nitrogens with zero attached hydrogens (tertiary/aromatic N) is 2. The number of urea groups is 1. The fourth-order valence-electron chi connectivity index (χ4n) is 2.54. The van der Waals surface area contributed by atoms with E-state index < -0.39 is 11.6 Å². The molecule has 2 rings (SSSR count). The molecule has 0 atom stereocenters. The van der Waals surface area contributed by atoms with Crippen molar-refractivity contribution in [3.63, 3.8) is 0 Å². The van der Waals surface area contributed by atoms with Crippen molar-refractivity contribution in [3.05, 3.63) is 35.4 Å². The highest BCUT2D eigenvalue weighted by atomic mass is 19.2. The van der Waals surface area contributed by atoms with Crippen molar-refractivity contribution in [2.75, 3.05) is 26.2 Å². The molecule has 0 saturated carbocycles. The van der Waals surface area contributed by atoms with Crippen LogP contribution < -0.4 is 5.32 Å². The maximum absolute atomic E-state index is 13.3. The van der Waals surface area contributed by atoms with Gasteiger partial charge in [-0.25, -0.2) is 13.6 Å². The summed E-state index contributed by atoms with van der Waals surface area (Å²) in [6.07, 6.45) is 0.632. The number of carbonyl (C=O) groups excluding carboxylic acids is 2. The molecule has 0 aromatic heterocycles. The molecular weight excluding hydrogens is 316 g/mol. The van der Waals surface area contributed by atoms with Crippen molar-refractivity contribution >= 4 is 11.9 Å². The van der Waals surface area contributed by atoms with Gasteiger partial charge in [0.25, 0.3) is 5.91 Å². The molecule has 0 radical (unpaired) electrons. The Hall–Kier alpha value is -2.18. The van der Waals surface area contributed by atoms with Crippen molar-refractivity contribution < 1.29 is 18.4 Å². The van der Waals surface area contributed by atoms with Gasteiger partial charge in [-0.1, -0.05) is 0 Å². The van der Waals surface area contributed by atoms with Gasteiger partial charge >= 0.3 is 6.03 Å². The number of rotatable bonds is 1. The number of amides is 3. The van der Waals surface area contributed by atoms with Gasteiger partial charge in [0.2, 0.25) is 0 Å². The quantitative estimate of drug-likeness (QED) is 0.855. The lowest BCUT2D eigenvalue weighted by Crippen LogP contribution is -2.49. The molecule has 1 fully saturated rings. The van der Waals surface area contributed by atoms with Crippen LogP contribution in [0.4, 0.5) is 13.6 Å². The van der Waals surface area contributed by atoms with Crippen LogP contribution in [0.1, 0.15) is 37.6 Å². The van der Waals surface area contributed by atoms with Crippen LogP contribution in [0, 0.1) is 11.6 Å². The minimum absolute atomic E-state index is 0.112. The lowest BCUT2D eigenvalue weighted by Gasteiger charge is -2.27. The molecule has 1 N–H and O–H groups in total. The van der Waals surface area contributed by atoms with E-state index in [1.54, 1.807) is 9.80 Å². The predicted octanol–water partition coefficient (Wildman–Crippen LogP) is 2.62. The summed E-state index contributed by atoms with van der Waals surface area (Å²) in [4.78, 5) is 27.9. The maximum Gasteiger partial charge on any atom is 0.317 e. The van der Waals surface area contributed by atoms with E-state index >= 15 is 0 Å². The monoisotopic (exact) mass is 339 g/mol. The van der Waals surface area contributed by atoms with Gasteiger partial charge in [-0.2, -0.15) is 0 Å². The van der Waals surface area contributed by atoms with Crippen molar-refractivity contribution in [1.82, 2.24) is 15.1 Å². The van der Waals surface area contributed by atoms with E-state index in [0.717, 1.165) is 12.1 Å². The maximum atomic E-state index is 13.3. The van der Waals surface area contributed by atoms with E-state index in [-0.39, 0.29) is 23.0 Å². The molecular formula is C17H23F2N3O2. The van der Waals surface area contributed by atoms with Crippen molar-refractivity contribution in [2.45, 2.75) is 32.7 Å². The van der Waals surface area contributed by atoms with E-state index in [1.807, 2.05) is 20.8 Å². The third-order valence-corrected chi connectivity index (χ3v) is 3.72. The topological polar surface area (TPSA) is 52.7 Å². The van der Waals surface area contributed by atoms with Crippen LogP contribution in [0.25, 0.3) is 0 Å². The van der Waals surface area contributed by atoms with Gasteiger partial charge in [0, 0.05) is 37.3 Å². The molecule has 132 valence electrons. The minimum Gasteiger partial charge on any atom is -0.337 e. The molecule has 3 amide bonds. The van der Waals surface area contributed by atoms with E-state index in [4.69, 9.17) is 0 Å². The smallest absolute Gasteiger partial charge is 0.317 e. The second-order valence-corrected chi connectivity index (χ2v) is 6.94. The number of halogens is 2. The predicted molar refractivity (Wildman–Crippen MR) is 86.7 cm³/mol. The molecule has 0 spiro atoms. The Morgan fingerprint density at radius 2 is 1.62 bits per heavy atom. The van der Waals surface area contributed by atoms with E-state index in [2.05, 4.69) is 5.32 Å². The van der Waals surface area contributed by atoms with Crippen LogP contribution in [0.2, 0.25) is 0 Å². The Morgan fingerprint density at radius 3 is 2.25 bits per heavy atom. The Labute approximate surface area is 140 Å². The number of carbonyl (C=O) groups is 2. The average Bonchev–Trinajstić information content (AvgIpc) is 2.73. The summed E-state index contributed by atoms with van der Waals surface area (Å²) in [5.74, 6) is -2.37. The van der Waals surface area contributed by atoms with Gasteiger partial charge in [0.15, 0.2) is 11.6 Å². The van der Waals surface area contributed by atoms with Gasteiger partial charge < -0.3 is 15.1 Å². The summed E-state index contributed by atoms with van der Waals surface area (Å²) in [5.41, 5.74) is -0.216. The zero-order chi connectivity index (χ0) is 17.9. The van der Waals surface area contributed by atoms with Crippen molar-refractivity contribution in [2.24, 2.45) is 0 Å². The summed E-state index contributed by atoms with van der Waals surface area (Å²) in [6.45, 7) is 7.48. The molecule has 1 heterocycles. The number of hydrogen-bond acceptors (Lipinski definition) is 2. The number of benzene rings is 1. The lowest BCUT2D eigenvalue weighted by molar-refractivity contribution is 0.0761. The molecule has 1 aliphatic rings. The number of hydrogen-bond donors (Lipinski definition) is 1. The molecule has 7 heteroatoms. The molecule has 1 aliphatic heterocycles. The third-order valence-electron chi connectivity index (χ3n) is 3.72. The van der Waals surface area contributed by atoms with Crippen LogP contribution in [-0.4, -0.2) is 53.5 Å². The fourth-order valence-corrected chi connectivity index (χ4v) is 2.54. The van der Waals surface area contributed by atoms with E-state index in [9.17, 15) is 18.4 Å². The van der Waals surface area contributed by atoms with Gasteiger partial charge in [0.05, 0.1) is 0 Å². The third kappa shape index (κ3) is 4.66. The van der Waals surface area contributed by atoms with Crippen LogP contribution in [-0.2, 0) is 0 Å². The van der Waals surface area contributed by atoms with Crippen LogP contribution in [0.5, 0.6) is 0 Å².